The molecule has 1 N–H and O–H groups in total. The summed E-state index contributed by atoms with van der Waals surface area (Å²) in [7, 11) is 3.72. The molecule has 0 radical (unpaired) electrons. The normalized spacial score (nSPS) is 6.77. The summed E-state index contributed by atoms with van der Waals surface area (Å²) < 4.78 is 33.1. The molecule has 0 heterocycles. The summed E-state index contributed by atoms with van der Waals surface area (Å²) >= 11 is 1.75. The molecule has 0 aliphatic carbocycles. The topological polar surface area (TPSA) is 72.5 Å². The number of thioether (sulfide) groups is 1. The lowest BCUT2D eigenvalue weighted by Crippen LogP contribution is -1.89. The maximum absolute atomic E-state index is 9.63. The molecule has 5 nitrogen and oxygen atoms in total. The lowest BCUT2D eigenvalue weighted by Gasteiger charge is -1.69. The van der Waals surface area contributed by atoms with E-state index in [1.807, 2.05) is 52.6 Å². The zero-order chi connectivity index (χ0) is 22.3. The van der Waals surface area contributed by atoms with Crippen LogP contribution in [-0.2, 0) is 25.4 Å². The predicted molar refractivity (Wildman–Crippen MR) is 158 cm³/mol. The summed E-state index contributed by atoms with van der Waals surface area (Å²) in [4.78, 5) is 0. The molecule has 0 rings (SSSR count). The van der Waals surface area contributed by atoms with Crippen molar-refractivity contribution in [3.05, 3.63) is 12.2 Å². The minimum Gasteiger partial charge on any atom is -0.388 e. The number of allylic oxidation sites excluding steroid dienone is 2. The summed E-state index contributed by atoms with van der Waals surface area (Å²) in [5.74, 6) is 0. The van der Waals surface area contributed by atoms with Gasteiger partial charge in [0, 0.05) is 50.0 Å². The second-order valence-corrected chi connectivity index (χ2v) is 9.16. The van der Waals surface area contributed by atoms with Crippen LogP contribution in [0.1, 0.15) is 71.2 Å². The Kier molecular flexibility index (Phi) is 261. The molecule has 8 heteroatoms. The van der Waals surface area contributed by atoms with Gasteiger partial charge in [-0.1, -0.05) is 69.6 Å². The van der Waals surface area contributed by atoms with E-state index in [1.54, 1.807) is 38.5 Å². The minimum absolute atomic E-state index is 0. The van der Waals surface area contributed by atoms with Crippen molar-refractivity contribution in [2.75, 3.05) is 65.8 Å². The van der Waals surface area contributed by atoms with Crippen LogP contribution in [-0.4, -0.2) is 78.5 Å². The fourth-order valence-corrected chi connectivity index (χ4v) is 0. The molecule has 30 heavy (non-hydrogen) atoms. The molecule has 0 atom stereocenters. The molecule has 0 aliphatic heterocycles. The molecular weight excluding hydrogens is 438 g/mol. The average Bonchev–Trinajstić information content (AvgIpc) is 2.39. The van der Waals surface area contributed by atoms with Gasteiger partial charge in [-0.3, -0.25) is 4.21 Å². The molecule has 0 fully saturated rings. The van der Waals surface area contributed by atoms with Crippen LogP contribution in [0.15, 0.2) is 12.2 Å². The molecule has 202 valence electrons. The highest BCUT2D eigenvalue weighted by Gasteiger charge is 1.79. The van der Waals surface area contributed by atoms with Crippen LogP contribution in [0.25, 0.3) is 0 Å². The zero-order valence-electron chi connectivity index (χ0n) is 19.2. The summed E-state index contributed by atoms with van der Waals surface area (Å²) in [6.07, 6.45) is 14.9. The molecule has 0 aliphatic rings. The van der Waals surface area contributed by atoms with Gasteiger partial charge in [0.15, 0.2) is 0 Å². The van der Waals surface area contributed by atoms with E-state index in [4.69, 9.17) is 0 Å². The number of ether oxygens (including phenoxy) is 1. The van der Waals surface area contributed by atoms with Crippen molar-refractivity contribution in [2.24, 2.45) is 0 Å². The molecule has 0 aromatic rings. The van der Waals surface area contributed by atoms with E-state index in [1.165, 1.54) is 6.42 Å². The molecule has 0 spiro atoms. The first kappa shape index (κ1) is 77.8. The van der Waals surface area contributed by atoms with Crippen molar-refractivity contribution < 1.29 is 17.4 Å². The zero-order valence-corrected chi connectivity index (χ0v) is 21.7. The van der Waals surface area contributed by atoms with E-state index in [0.29, 0.717) is 0 Å². The van der Waals surface area contributed by atoms with Crippen molar-refractivity contribution in [1.82, 2.24) is 5.32 Å². The van der Waals surface area contributed by atoms with Gasteiger partial charge in [0.2, 0.25) is 0 Å². The summed E-state index contributed by atoms with van der Waals surface area (Å²) in [6.45, 7) is 8.25. The Labute approximate surface area is 204 Å². The summed E-state index contributed by atoms with van der Waals surface area (Å²) in [6, 6.07) is 0. The van der Waals surface area contributed by atoms with E-state index in [0.717, 1.165) is 12.5 Å². The van der Waals surface area contributed by atoms with Crippen LogP contribution >= 0.6 is 11.8 Å². The number of hydrogen-bond donors (Lipinski definition) is 1. The van der Waals surface area contributed by atoms with Gasteiger partial charge in [-0.05, 0) is 40.5 Å². The van der Waals surface area contributed by atoms with Crippen LogP contribution in [0.3, 0.4) is 0 Å². The fraction of sp³-hybridized carbons (Fsp3) is 0.909. The SMILES string of the molecule is C.C.C.C.C.C/C=C\C.CCC.CNC.COC.CS(C)(=O)=O.CS(C)=O.CSC. The molecule has 0 saturated heterocycles. The third-order valence-electron chi connectivity index (χ3n) is 0.333. The highest BCUT2D eigenvalue weighted by molar-refractivity contribution is 7.97. The van der Waals surface area contributed by atoms with E-state index >= 15 is 0 Å². The summed E-state index contributed by atoms with van der Waals surface area (Å²) in [5, 5.41) is 2.75. The molecule has 0 aromatic carbocycles. The molecular formula is C22H67NO4S3. The fourth-order valence-electron chi connectivity index (χ4n) is 0. The van der Waals surface area contributed by atoms with Gasteiger partial charge in [-0.2, -0.15) is 11.8 Å². The third-order valence-corrected chi connectivity index (χ3v) is 0.333. The quantitative estimate of drug-likeness (QED) is 0.360. The first-order valence-electron chi connectivity index (χ1n) is 7.67. The van der Waals surface area contributed by atoms with Gasteiger partial charge in [-0.15, -0.1) is 0 Å². The standard InChI is InChI=1S/C4H8.C3H8.C2H7N.C2H6O2S.C2H6OS.C2H6O.C2H6S.5CH4/c1-3-4-2;2*1-3-2;1-5(2,3)4;1-4(2)3;2*1-3-2;;;;;/h3-4H,1-2H3;3H2,1-2H3;3H,1-2H3;1-2H3;1-2H3;2*1-2H3;5*1H4/b4-3-;;;;;;;;;;;. The number of rotatable bonds is 0. The largest absolute Gasteiger partial charge is 0.388 e. The lowest BCUT2D eigenvalue weighted by atomic mass is 10.6. The highest BCUT2D eigenvalue weighted by Crippen LogP contribution is 1.70. The Morgan fingerprint density at radius 3 is 0.900 bits per heavy atom. The van der Waals surface area contributed by atoms with Gasteiger partial charge in [0.1, 0.15) is 9.84 Å². The van der Waals surface area contributed by atoms with Gasteiger partial charge in [0.05, 0.1) is 0 Å². The predicted octanol–water partition coefficient (Wildman–Crippen LogP) is 6.91. The van der Waals surface area contributed by atoms with Gasteiger partial charge < -0.3 is 10.1 Å². The van der Waals surface area contributed by atoms with Crippen molar-refractivity contribution in [2.45, 2.75) is 71.2 Å². The highest BCUT2D eigenvalue weighted by atomic mass is 32.2. The first-order chi connectivity index (χ1) is 11.3. The monoisotopic (exact) mass is 505 g/mol. The van der Waals surface area contributed by atoms with Crippen LogP contribution in [0.5, 0.6) is 0 Å². The maximum atomic E-state index is 9.63. The first-order valence-corrected chi connectivity index (χ1v) is 13.6. The Balaban J connectivity index is -0.0000000124. The molecule has 0 unspecified atom stereocenters. The van der Waals surface area contributed by atoms with Gasteiger partial charge >= 0.3 is 0 Å². The minimum atomic E-state index is -2.67. The third kappa shape index (κ3) is 16800. The second kappa shape index (κ2) is 101. The molecule has 0 bridgehead atoms. The second-order valence-electron chi connectivity index (χ2n) is 4.57. The van der Waals surface area contributed by atoms with Crippen molar-refractivity contribution in [1.29, 1.82) is 0 Å². The molecule has 0 aromatic heterocycles. The number of methoxy groups -OCH3 is 1. The van der Waals surface area contributed by atoms with Crippen LogP contribution in [0.2, 0.25) is 0 Å². The van der Waals surface area contributed by atoms with Crippen LogP contribution < -0.4 is 5.32 Å². The number of nitrogens with one attached hydrogen (secondary N) is 1. The van der Waals surface area contributed by atoms with Crippen LogP contribution in [0, 0.1) is 0 Å². The van der Waals surface area contributed by atoms with Crippen molar-refractivity contribution >= 4 is 32.4 Å². The smallest absolute Gasteiger partial charge is 0.144 e. The van der Waals surface area contributed by atoms with E-state index in [-0.39, 0.29) is 37.1 Å². The molecule has 0 amide bonds. The Morgan fingerprint density at radius 1 is 0.867 bits per heavy atom. The van der Waals surface area contributed by atoms with Crippen molar-refractivity contribution in [3.8, 4) is 0 Å². The van der Waals surface area contributed by atoms with E-state index < -0.39 is 20.6 Å². The average molecular weight is 506 g/mol. The van der Waals surface area contributed by atoms with E-state index in [2.05, 4.69) is 23.9 Å². The number of hydrogen-bond acceptors (Lipinski definition) is 6. The van der Waals surface area contributed by atoms with E-state index in [9.17, 15) is 12.6 Å². The van der Waals surface area contributed by atoms with Crippen LogP contribution in [0.4, 0.5) is 0 Å². The maximum Gasteiger partial charge on any atom is 0.144 e. The van der Waals surface area contributed by atoms with Gasteiger partial charge in [0.25, 0.3) is 0 Å². The summed E-state index contributed by atoms with van der Waals surface area (Å²) in [5.41, 5.74) is 0. The number of sulfone groups is 1. The molecule has 0 saturated carbocycles. The van der Waals surface area contributed by atoms with Gasteiger partial charge in [-0.25, -0.2) is 8.42 Å². The Morgan fingerprint density at radius 2 is 0.900 bits per heavy atom. The Hall–Kier alpha value is 0.110. The lowest BCUT2D eigenvalue weighted by molar-refractivity contribution is 0.277. The van der Waals surface area contributed by atoms with Crippen molar-refractivity contribution in [3.63, 3.8) is 0 Å². The Bertz CT molecular complexity index is 273.